The zero-order chi connectivity index (χ0) is 4.50. The summed E-state index contributed by atoms with van der Waals surface area (Å²) in [6, 6.07) is 0. The van der Waals surface area contributed by atoms with E-state index in [9.17, 15) is 0 Å². The first-order chi connectivity index (χ1) is 2.00. The van der Waals surface area contributed by atoms with Gasteiger partial charge in [0, 0.05) is 0 Å². The van der Waals surface area contributed by atoms with E-state index in [4.69, 9.17) is 13.3 Å². The fourth-order valence-corrected chi connectivity index (χ4v) is 0. The van der Waals surface area contributed by atoms with Crippen LogP contribution in [0.5, 0.6) is 0 Å². The molecular weight excluding hydrogens is 211 g/mol. The number of halogens is 1. The minimum Gasteiger partial charge on any atom is -1.00 e. The van der Waals surface area contributed by atoms with E-state index >= 15 is 0 Å². The van der Waals surface area contributed by atoms with Crippen LogP contribution in [0.25, 0.3) is 0 Å². The van der Waals surface area contributed by atoms with Gasteiger partial charge in [-0.25, -0.2) is 0 Å². The van der Waals surface area contributed by atoms with Crippen molar-refractivity contribution in [2.75, 3.05) is 0 Å². The first-order valence-electron chi connectivity index (χ1n) is 0.667. The van der Waals surface area contributed by atoms with Crippen LogP contribution in [0.15, 0.2) is 0 Å². The van der Waals surface area contributed by atoms with Crippen LogP contribution in [0.3, 0.4) is 0 Å². The normalized spacial score (nSPS) is 7.25. The summed E-state index contributed by atoms with van der Waals surface area (Å²) in [5.41, 5.74) is 0. The summed E-state index contributed by atoms with van der Waals surface area (Å²) in [4.78, 5) is 0. The quantitative estimate of drug-likeness (QED) is 0.373. The minimum atomic E-state index is -4.33. The monoisotopic (exact) mass is 210 g/mol. The van der Waals surface area contributed by atoms with Crippen LogP contribution in [0.4, 0.5) is 0 Å². The molecule has 0 atom stereocenters. The van der Waals surface area contributed by atoms with Gasteiger partial charge in [-0.1, -0.05) is 0 Å². The average molecular weight is 211 g/mol. The third-order valence-corrected chi connectivity index (χ3v) is 0. The number of hydrogen-bond donors (Lipinski definition) is 0. The van der Waals surface area contributed by atoms with Gasteiger partial charge < -0.3 is 21.5 Å². The molecular formula is CaClNaO3S2. The Kier molecular flexibility index (Phi) is 27.6. The summed E-state index contributed by atoms with van der Waals surface area (Å²) in [6.07, 6.45) is 0. The van der Waals surface area contributed by atoms with Gasteiger partial charge in [0.05, 0.1) is 0 Å². The maximum Gasteiger partial charge on any atom is 2.00 e. The van der Waals surface area contributed by atoms with Crippen molar-refractivity contribution in [2.24, 2.45) is 0 Å². The molecule has 0 saturated carbocycles. The van der Waals surface area contributed by atoms with Crippen LogP contribution in [-0.4, -0.2) is 51.1 Å². The first-order valence-corrected chi connectivity index (χ1v) is 3.00. The Hall–Kier alpha value is 2.84. The van der Waals surface area contributed by atoms with E-state index in [0.717, 1.165) is 0 Å². The van der Waals surface area contributed by atoms with Crippen LogP contribution in [0.2, 0.25) is 0 Å². The molecule has 8 heavy (non-hydrogen) atoms. The number of hydrogen-bond acceptors (Lipinski definition) is 4. The zero-order valence-corrected chi connectivity index (χ0v) is 10.7. The second kappa shape index (κ2) is 9.84. The van der Waals surface area contributed by atoms with Crippen LogP contribution in [0, 0.1) is 0 Å². The summed E-state index contributed by atoms with van der Waals surface area (Å²) < 4.78 is 26.7. The summed E-state index contributed by atoms with van der Waals surface area (Å²) in [6.45, 7) is 0. The van der Waals surface area contributed by atoms with Gasteiger partial charge in [-0.15, -0.1) is 9.05 Å². The van der Waals surface area contributed by atoms with Crippen molar-refractivity contribution in [3.05, 3.63) is 0 Å². The molecule has 0 aliphatic heterocycles. The van der Waals surface area contributed by atoms with Gasteiger partial charge in [0.15, 0.2) is 0 Å². The molecule has 0 saturated heterocycles. The van der Waals surface area contributed by atoms with Crippen LogP contribution >= 0.6 is 0 Å². The molecule has 0 aromatic carbocycles. The SMILES string of the molecule is O=S([O-])([O-])=S.[Ca+2].[Cl-].[Na+]. The third-order valence-electron chi connectivity index (χ3n) is 0. The van der Waals surface area contributed by atoms with Gasteiger partial charge in [0.25, 0.3) is 0 Å². The third kappa shape index (κ3) is 67.4. The van der Waals surface area contributed by atoms with Gasteiger partial charge in [-0.05, 0) is 11.2 Å². The Labute approximate surface area is 111 Å². The topological polar surface area (TPSA) is 63.2 Å². The molecule has 40 valence electrons. The van der Waals surface area contributed by atoms with Crippen LogP contribution in [0.1, 0.15) is 0 Å². The summed E-state index contributed by atoms with van der Waals surface area (Å²) in [5, 5.41) is 0. The molecule has 0 heterocycles. The van der Waals surface area contributed by atoms with Crippen molar-refractivity contribution < 1.29 is 55.3 Å². The molecule has 0 bridgehead atoms. The predicted molar refractivity (Wildman–Crippen MR) is 22.8 cm³/mol. The average Bonchev–Trinajstić information content (AvgIpc) is 0.722. The van der Waals surface area contributed by atoms with Crippen molar-refractivity contribution in [1.29, 1.82) is 0 Å². The maximum absolute atomic E-state index is 8.89. The van der Waals surface area contributed by atoms with Crippen molar-refractivity contribution in [1.82, 2.24) is 0 Å². The molecule has 0 N–H and O–H groups in total. The summed E-state index contributed by atoms with van der Waals surface area (Å²) in [7, 11) is -4.33. The molecule has 0 aromatic rings. The smallest absolute Gasteiger partial charge is 1.00 e. The second-order valence-electron chi connectivity index (χ2n) is 0.408. The van der Waals surface area contributed by atoms with Crippen molar-refractivity contribution in [3.63, 3.8) is 0 Å². The maximum atomic E-state index is 8.89. The van der Waals surface area contributed by atoms with E-state index in [-0.39, 0.29) is 79.7 Å². The molecule has 0 fully saturated rings. The van der Waals surface area contributed by atoms with Crippen molar-refractivity contribution in [2.45, 2.75) is 0 Å². The van der Waals surface area contributed by atoms with Crippen molar-refractivity contribution >= 4 is 58.0 Å². The van der Waals surface area contributed by atoms with Gasteiger partial charge in [0.1, 0.15) is 0 Å². The molecule has 0 aliphatic rings. The van der Waals surface area contributed by atoms with E-state index in [1.165, 1.54) is 0 Å². The molecule has 0 spiro atoms. The minimum absolute atomic E-state index is 0. The Morgan fingerprint density at radius 2 is 1.38 bits per heavy atom. The Morgan fingerprint density at radius 3 is 1.38 bits per heavy atom. The van der Waals surface area contributed by atoms with Gasteiger partial charge in [-0.3, -0.25) is 4.21 Å². The largest absolute Gasteiger partial charge is 2.00 e. The van der Waals surface area contributed by atoms with Crippen molar-refractivity contribution in [3.8, 4) is 0 Å². The van der Waals surface area contributed by atoms with E-state index in [1.54, 1.807) is 0 Å². The molecule has 0 aliphatic carbocycles. The summed E-state index contributed by atoms with van der Waals surface area (Å²) in [5.74, 6) is 0. The van der Waals surface area contributed by atoms with E-state index in [2.05, 4.69) is 11.2 Å². The zero-order valence-electron chi connectivity index (χ0n) is 4.13. The fourth-order valence-electron chi connectivity index (χ4n) is 0. The van der Waals surface area contributed by atoms with Gasteiger partial charge in [-0.2, -0.15) is 0 Å². The van der Waals surface area contributed by atoms with Crippen LogP contribution in [-0.2, 0) is 20.2 Å². The Balaban J connectivity index is -0.0000000267. The molecule has 3 nitrogen and oxygen atoms in total. The molecule has 0 amide bonds. The summed E-state index contributed by atoms with van der Waals surface area (Å²) >= 11 is 3.24. The molecule has 0 radical (unpaired) electrons. The second-order valence-corrected chi connectivity index (χ2v) is 2.45. The predicted octanol–water partition coefficient (Wildman–Crippen LogP) is -7.38. The standard InChI is InChI=1S/Ca.ClH.Na.H2O3S2/c;;;1-5(2,3)4/h;1H;;(H2,1,2,3,4)/q+2;;+1;/p-3. The van der Waals surface area contributed by atoms with E-state index in [0.29, 0.717) is 0 Å². The number of rotatable bonds is 0. The Morgan fingerprint density at radius 1 is 1.38 bits per heavy atom. The van der Waals surface area contributed by atoms with Gasteiger partial charge >= 0.3 is 67.3 Å². The van der Waals surface area contributed by atoms with Crippen LogP contribution < -0.4 is 42.0 Å². The van der Waals surface area contributed by atoms with E-state index < -0.39 is 9.05 Å². The Bertz CT molecular complexity index is 100. The molecule has 0 unspecified atom stereocenters. The molecule has 0 rings (SSSR count). The first kappa shape index (κ1) is 22.4. The molecule has 0 aromatic heterocycles. The fraction of sp³-hybridized carbons (Fsp3) is 0. The van der Waals surface area contributed by atoms with E-state index in [1.807, 2.05) is 0 Å². The van der Waals surface area contributed by atoms with Gasteiger partial charge in [0.2, 0.25) is 0 Å². The molecule has 8 heteroatoms.